The van der Waals surface area contributed by atoms with Crippen molar-refractivity contribution in [3.8, 4) is 0 Å². The van der Waals surface area contributed by atoms with Gasteiger partial charge in [-0.2, -0.15) is 0 Å². The van der Waals surface area contributed by atoms with Gasteiger partial charge in [0.2, 0.25) is 0 Å². The van der Waals surface area contributed by atoms with Crippen molar-refractivity contribution in [2.45, 2.75) is 25.9 Å². The van der Waals surface area contributed by atoms with Gasteiger partial charge in [0, 0.05) is 5.69 Å². The average Bonchev–Trinajstić information content (AvgIpc) is 2.30. The van der Waals surface area contributed by atoms with Crippen LogP contribution in [-0.4, -0.2) is 29.8 Å². The SMILES string of the molecule is CCCc1cc(Cl)nc(C2COCCO2)n1. The Hall–Kier alpha value is -0.710. The molecule has 0 aromatic carbocycles. The van der Waals surface area contributed by atoms with Crippen LogP contribution in [-0.2, 0) is 15.9 Å². The quantitative estimate of drug-likeness (QED) is 0.762. The molecule has 0 aliphatic carbocycles. The van der Waals surface area contributed by atoms with Crippen LogP contribution in [0.3, 0.4) is 0 Å². The molecular weight excluding hydrogens is 228 g/mol. The third-order valence-corrected chi connectivity index (χ3v) is 2.57. The minimum atomic E-state index is -0.178. The average molecular weight is 243 g/mol. The molecule has 1 saturated heterocycles. The van der Waals surface area contributed by atoms with Crippen molar-refractivity contribution in [3.63, 3.8) is 0 Å². The summed E-state index contributed by atoms with van der Waals surface area (Å²) in [5.74, 6) is 0.635. The summed E-state index contributed by atoms with van der Waals surface area (Å²) < 4.78 is 10.9. The number of nitrogens with zero attached hydrogens (tertiary/aromatic N) is 2. The number of ether oxygens (including phenoxy) is 2. The standard InChI is InChI=1S/C11H15ClN2O2/c1-2-3-8-6-10(12)14-11(13-8)9-7-15-4-5-16-9/h6,9H,2-5,7H2,1H3. The van der Waals surface area contributed by atoms with Gasteiger partial charge < -0.3 is 9.47 Å². The van der Waals surface area contributed by atoms with Crippen molar-refractivity contribution in [1.29, 1.82) is 0 Å². The molecule has 5 heteroatoms. The van der Waals surface area contributed by atoms with Gasteiger partial charge in [0.1, 0.15) is 11.3 Å². The first-order valence-corrected chi connectivity index (χ1v) is 5.90. The highest BCUT2D eigenvalue weighted by Gasteiger charge is 2.20. The predicted octanol–water partition coefficient (Wildman–Crippen LogP) is 2.17. The lowest BCUT2D eigenvalue weighted by atomic mass is 10.2. The Morgan fingerprint density at radius 3 is 3.00 bits per heavy atom. The van der Waals surface area contributed by atoms with Crippen molar-refractivity contribution in [3.05, 3.63) is 22.7 Å². The molecule has 88 valence electrons. The van der Waals surface area contributed by atoms with E-state index < -0.39 is 0 Å². The van der Waals surface area contributed by atoms with Crippen LogP contribution in [0.1, 0.15) is 31.0 Å². The van der Waals surface area contributed by atoms with Gasteiger partial charge in [-0.15, -0.1) is 0 Å². The van der Waals surface area contributed by atoms with Gasteiger partial charge in [-0.3, -0.25) is 0 Å². The minimum absolute atomic E-state index is 0.178. The Morgan fingerprint density at radius 2 is 2.31 bits per heavy atom. The monoisotopic (exact) mass is 242 g/mol. The zero-order valence-electron chi connectivity index (χ0n) is 9.28. The van der Waals surface area contributed by atoms with E-state index in [4.69, 9.17) is 21.1 Å². The van der Waals surface area contributed by atoms with Crippen LogP contribution in [0.15, 0.2) is 6.07 Å². The maximum Gasteiger partial charge on any atom is 0.161 e. The summed E-state index contributed by atoms with van der Waals surface area (Å²) in [7, 11) is 0. The molecule has 1 fully saturated rings. The summed E-state index contributed by atoms with van der Waals surface area (Å²) in [6.45, 7) is 3.84. The molecule has 0 radical (unpaired) electrons. The first-order chi connectivity index (χ1) is 7.79. The first-order valence-electron chi connectivity index (χ1n) is 5.52. The van der Waals surface area contributed by atoms with E-state index in [-0.39, 0.29) is 6.10 Å². The highest BCUT2D eigenvalue weighted by molar-refractivity contribution is 6.29. The molecule has 0 spiro atoms. The fourth-order valence-corrected chi connectivity index (χ4v) is 1.86. The fourth-order valence-electron chi connectivity index (χ4n) is 1.65. The van der Waals surface area contributed by atoms with E-state index in [2.05, 4.69) is 16.9 Å². The number of rotatable bonds is 3. The predicted molar refractivity (Wildman–Crippen MR) is 60.5 cm³/mol. The van der Waals surface area contributed by atoms with E-state index >= 15 is 0 Å². The third-order valence-electron chi connectivity index (χ3n) is 2.38. The Kier molecular flexibility index (Phi) is 4.09. The summed E-state index contributed by atoms with van der Waals surface area (Å²) in [5.41, 5.74) is 0.965. The summed E-state index contributed by atoms with van der Waals surface area (Å²) in [5, 5.41) is 0.475. The van der Waals surface area contributed by atoms with Crippen LogP contribution >= 0.6 is 11.6 Å². The van der Waals surface area contributed by atoms with Gasteiger partial charge >= 0.3 is 0 Å². The van der Waals surface area contributed by atoms with Crippen LogP contribution in [0.5, 0.6) is 0 Å². The molecule has 16 heavy (non-hydrogen) atoms. The topological polar surface area (TPSA) is 44.2 Å². The molecular formula is C11H15ClN2O2. The molecule has 4 nitrogen and oxygen atoms in total. The molecule has 1 aromatic heterocycles. The molecule has 2 rings (SSSR count). The molecule has 1 aromatic rings. The molecule has 0 amide bonds. The maximum absolute atomic E-state index is 5.96. The normalized spacial score (nSPS) is 21.0. The van der Waals surface area contributed by atoms with Crippen LogP contribution in [0.4, 0.5) is 0 Å². The second-order valence-electron chi connectivity index (χ2n) is 3.72. The van der Waals surface area contributed by atoms with Gasteiger partial charge in [-0.05, 0) is 12.5 Å². The number of hydrogen-bond acceptors (Lipinski definition) is 4. The van der Waals surface area contributed by atoms with Crippen molar-refractivity contribution in [2.24, 2.45) is 0 Å². The summed E-state index contributed by atoms with van der Waals surface area (Å²) in [6, 6.07) is 1.80. The van der Waals surface area contributed by atoms with Gasteiger partial charge in [-0.25, -0.2) is 9.97 Å². The van der Waals surface area contributed by atoms with E-state index in [1.807, 2.05) is 0 Å². The summed E-state index contributed by atoms with van der Waals surface area (Å²) in [6.07, 6.45) is 1.76. The molecule has 2 heterocycles. The van der Waals surface area contributed by atoms with Crippen LogP contribution in [0, 0.1) is 0 Å². The molecule has 1 unspecified atom stereocenters. The van der Waals surface area contributed by atoms with E-state index in [0.717, 1.165) is 18.5 Å². The first kappa shape index (κ1) is 11.8. The molecule has 1 aliphatic heterocycles. The largest absolute Gasteiger partial charge is 0.376 e. The van der Waals surface area contributed by atoms with E-state index in [1.54, 1.807) is 6.07 Å². The Balaban J connectivity index is 2.18. The molecule has 0 N–H and O–H groups in total. The van der Waals surface area contributed by atoms with Crippen molar-refractivity contribution < 1.29 is 9.47 Å². The van der Waals surface area contributed by atoms with Gasteiger partial charge in [-0.1, -0.05) is 24.9 Å². The third kappa shape index (κ3) is 2.90. The lowest BCUT2D eigenvalue weighted by Gasteiger charge is -2.22. The van der Waals surface area contributed by atoms with Gasteiger partial charge in [0.05, 0.1) is 19.8 Å². The molecule has 1 aliphatic rings. The fraction of sp³-hybridized carbons (Fsp3) is 0.636. The number of halogens is 1. The van der Waals surface area contributed by atoms with E-state index in [0.29, 0.717) is 30.8 Å². The lowest BCUT2D eigenvalue weighted by Crippen LogP contribution is -2.24. The van der Waals surface area contributed by atoms with Crippen molar-refractivity contribution in [2.75, 3.05) is 19.8 Å². The highest BCUT2D eigenvalue weighted by atomic mass is 35.5. The number of aromatic nitrogens is 2. The van der Waals surface area contributed by atoms with Crippen LogP contribution < -0.4 is 0 Å². The second kappa shape index (κ2) is 5.57. The summed E-state index contributed by atoms with van der Waals surface area (Å²) in [4.78, 5) is 8.64. The smallest absolute Gasteiger partial charge is 0.161 e. The van der Waals surface area contributed by atoms with Crippen LogP contribution in [0.2, 0.25) is 5.15 Å². The Bertz CT molecular complexity index is 354. The highest BCUT2D eigenvalue weighted by Crippen LogP contribution is 2.19. The summed E-state index contributed by atoms with van der Waals surface area (Å²) >= 11 is 5.96. The minimum Gasteiger partial charge on any atom is -0.376 e. The van der Waals surface area contributed by atoms with Crippen LogP contribution in [0.25, 0.3) is 0 Å². The Morgan fingerprint density at radius 1 is 1.44 bits per heavy atom. The number of aryl methyl sites for hydroxylation is 1. The molecule has 0 bridgehead atoms. The molecule has 0 saturated carbocycles. The second-order valence-corrected chi connectivity index (χ2v) is 4.11. The lowest BCUT2D eigenvalue weighted by molar-refractivity contribution is -0.0935. The van der Waals surface area contributed by atoms with Crippen molar-refractivity contribution >= 4 is 11.6 Å². The van der Waals surface area contributed by atoms with Crippen molar-refractivity contribution in [1.82, 2.24) is 9.97 Å². The van der Waals surface area contributed by atoms with Gasteiger partial charge in [0.25, 0.3) is 0 Å². The zero-order valence-corrected chi connectivity index (χ0v) is 10.0. The van der Waals surface area contributed by atoms with E-state index in [9.17, 15) is 0 Å². The zero-order chi connectivity index (χ0) is 11.4. The Labute approximate surface area is 99.9 Å². The van der Waals surface area contributed by atoms with Gasteiger partial charge in [0.15, 0.2) is 5.82 Å². The molecule has 1 atom stereocenters. The van der Waals surface area contributed by atoms with E-state index in [1.165, 1.54) is 0 Å². The number of hydrogen-bond donors (Lipinski definition) is 0. The maximum atomic E-state index is 5.96.